The van der Waals surface area contributed by atoms with Crippen LogP contribution < -0.4 is 10.1 Å². The summed E-state index contributed by atoms with van der Waals surface area (Å²) in [6.07, 6.45) is 1.05. The first-order valence-electron chi connectivity index (χ1n) is 6.68. The van der Waals surface area contributed by atoms with E-state index in [4.69, 9.17) is 4.74 Å². The minimum atomic E-state index is 0.352. The summed E-state index contributed by atoms with van der Waals surface area (Å²) < 4.78 is 5.31. The maximum atomic E-state index is 5.31. The molecule has 1 aliphatic heterocycles. The van der Waals surface area contributed by atoms with Crippen LogP contribution in [0.4, 0.5) is 5.69 Å². The monoisotopic (exact) mass is 253 g/mol. The van der Waals surface area contributed by atoms with Crippen molar-refractivity contribution in [2.45, 2.75) is 26.3 Å². The topological polar surface area (TPSA) is 21.3 Å². The molecule has 1 N–H and O–H groups in total. The van der Waals surface area contributed by atoms with Crippen molar-refractivity contribution in [3.63, 3.8) is 0 Å². The van der Waals surface area contributed by atoms with Crippen LogP contribution in [0.2, 0.25) is 0 Å². The Bertz CT molecular complexity index is 619. The second kappa shape index (κ2) is 4.61. The van der Waals surface area contributed by atoms with Gasteiger partial charge in [-0.2, -0.15) is 0 Å². The third kappa shape index (κ3) is 2.07. The Hall–Kier alpha value is -1.96. The van der Waals surface area contributed by atoms with E-state index in [1.165, 1.54) is 27.9 Å². The van der Waals surface area contributed by atoms with Gasteiger partial charge in [0.05, 0.1) is 13.2 Å². The lowest BCUT2D eigenvalue weighted by Gasteiger charge is -2.14. The Morgan fingerprint density at radius 1 is 1.16 bits per heavy atom. The Morgan fingerprint density at radius 3 is 2.79 bits per heavy atom. The highest BCUT2D eigenvalue weighted by molar-refractivity contribution is 5.65. The molecule has 3 rings (SSSR count). The van der Waals surface area contributed by atoms with Crippen molar-refractivity contribution in [2.24, 2.45) is 0 Å². The second-order valence-corrected chi connectivity index (χ2v) is 5.22. The van der Waals surface area contributed by atoms with Crippen molar-refractivity contribution in [3.8, 4) is 5.75 Å². The van der Waals surface area contributed by atoms with E-state index in [9.17, 15) is 0 Å². The summed E-state index contributed by atoms with van der Waals surface area (Å²) >= 11 is 0. The predicted molar refractivity (Wildman–Crippen MR) is 79.0 cm³/mol. The fourth-order valence-electron chi connectivity index (χ4n) is 2.75. The Morgan fingerprint density at radius 2 is 2.00 bits per heavy atom. The smallest absolute Gasteiger partial charge is 0.119 e. The standard InChI is InChI=1S/C17H19NO/c1-11-7-8-14-10-16(18-17(14)12(11)2)13-5-4-6-15(9-13)19-3/h4-9,16,18H,10H2,1-3H3. The van der Waals surface area contributed by atoms with Gasteiger partial charge in [-0.15, -0.1) is 0 Å². The molecule has 0 amide bonds. The molecule has 0 spiro atoms. The van der Waals surface area contributed by atoms with Gasteiger partial charge < -0.3 is 10.1 Å². The second-order valence-electron chi connectivity index (χ2n) is 5.22. The van der Waals surface area contributed by atoms with E-state index in [0.29, 0.717) is 6.04 Å². The summed E-state index contributed by atoms with van der Waals surface area (Å²) in [7, 11) is 1.71. The number of anilines is 1. The van der Waals surface area contributed by atoms with Crippen molar-refractivity contribution in [1.29, 1.82) is 0 Å². The molecule has 2 aromatic carbocycles. The summed E-state index contributed by atoms with van der Waals surface area (Å²) in [6.45, 7) is 4.35. The summed E-state index contributed by atoms with van der Waals surface area (Å²) in [4.78, 5) is 0. The van der Waals surface area contributed by atoms with E-state index < -0.39 is 0 Å². The average Bonchev–Trinajstić information content (AvgIpc) is 2.88. The fraction of sp³-hybridized carbons (Fsp3) is 0.294. The summed E-state index contributed by atoms with van der Waals surface area (Å²) in [5, 5.41) is 3.66. The average molecular weight is 253 g/mol. The first kappa shape index (κ1) is 12.1. The van der Waals surface area contributed by atoms with Crippen molar-refractivity contribution in [2.75, 3.05) is 12.4 Å². The van der Waals surface area contributed by atoms with Crippen LogP contribution in [0.5, 0.6) is 5.75 Å². The molecule has 1 heterocycles. The van der Waals surface area contributed by atoms with Crippen molar-refractivity contribution < 1.29 is 4.74 Å². The van der Waals surface area contributed by atoms with Crippen LogP contribution in [-0.4, -0.2) is 7.11 Å². The number of ether oxygens (including phenoxy) is 1. The number of methoxy groups -OCH3 is 1. The number of hydrogen-bond acceptors (Lipinski definition) is 2. The van der Waals surface area contributed by atoms with Gasteiger partial charge in [-0.1, -0.05) is 24.3 Å². The number of rotatable bonds is 2. The van der Waals surface area contributed by atoms with Crippen LogP contribution >= 0.6 is 0 Å². The van der Waals surface area contributed by atoms with Crippen LogP contribution in [0.3, 0.4) is 0 Å². The van der Waals surface area contributed by atoms with Crippen molar-refractivity contribution >= 4 is 5.69 Å². The van der Waals surface area contributed by atoms with Crippen LogP contribution in [0, 0.1) is 13.8 Å². The van der Waals surface area contributed by atoms with E-state index >= 15 is 0 Å². The van der Waals surface area contributed by atoms with E-state index in [2.05, 4.69) is 49.5 Å². The van der Waals surface area contributed by atoms with Crippen molar-refractivity contribution in [1.82, 2.24) is 0 Å². The van der Waals surface area contributed by atoms with E-state index in [0.717, 1.165) is 12.2 Å². The molecule has 0 bridgehead atoms. The van der Waals surface area contributed by atoms with Gasteiger partial charge >= 0.3 is 0 Å². The van der Waals surface area contributed by atoms with E-state index in [1.54, 1.807) is 7.11 Å². The van der Waals surface area contributed by atoms with Crippen molar-refractivity contribution in [3.05, 3.63) is 58.7 Å². The van der Waals surface area contributed by atoms with Gasteiger partial charge in [0.25, 0.3) is 0 Å². The molecule has 0 fully saturated rings. The minimum Gasteiger partial charge on any atom is -0.497 e. The highest BCUT2D eigenvalue weighted by atomic mass is 16.5. The number of nitrogens with one attached hydrogen (secondary N) is 1. The Labute approximate surface area is 114 Å². The first-order chi connectivity index (χ1) is 9.19. The van der Waals surface area contributed by atoms with Gasteiger partial charge in [0.1, 0.15) is 5.75 Å². The van der Waals surface area contributed by atoms with Gasteiger partial charge in [-0.05, 0) is 54.7 Å². The maximum absolute atomic E-state index is 5.31. The molecular formula is C17H19NO. The van der Waals surface area contributed by atoms with E-state index in [1.807, 2.05) is 6.07 Å². The number of benzene rings is 2. The normalized spacial score (nSPS) is 16.9. The maximum Gasteiger partial charge on any atom is 0.119 e. The zero-order chi connectivity index (χ0) is 13.4. The number of aryl methyl sites for hydroxylation is 1. The Balaban J connectivity index is 1.93. The van der Waals surface area contributed by atoms with Gasteiger partial charge in [0, 0.05) is 5.69 Å². The molecule has 0 radical (unpaired) electrons. The summed E-state index contributed by atoms with van der Waals surface area (Å²) in [6, 6.07) is 13.1. The minimum absolute atomic E-state index is 0.352. The highest BCUT2D eigenvalue weighted by Crippen LogP contribution is 2.38. The highest BCUT2D eigenvalue weighted by Gasteiger charge is 2.23. The lowest BCUT2D eigenvalue weighted by molar-refractivity contribution is 0.414. The third-order valence-electron chi connectivity index (χ3n) is 4.06. The molecular weight excluding hydrogens is 234 g/mol. The molecule has 2 aromatic rings. The first-order valence-corrected chi connectivity index (χ1v) is 6.68. The lowest BCUT2D eigenvalue weighted by Crippen LogP contribution is -2.06. The molecule has 19 heavy (non-hydrogen) atoms. The molecule has 2 nitrogen and oxygen atoms in total. The molecule has 1 aliphatic rings. The number of hydrogen-bond donors (Lipinski definition) is 1. The van der Waals surface area contributed by atoms with E-state index in [-0.39, 0.29) is 0 Å². The zero-order valence-corrected chi connectivity index (χ0v) is 11.7. The van der Waals surface area contributed by atoms with Gasteiger partial charge in [0.2, 0.25) is 0 Å². The molecule has 1 unspecified atom stereocenters. The molecule has 2 heteroatoms. The van der Waals surface area contributed by atoms with Crippen LogP contribution in [0.25, 0.3) is 0 Å². The predicted octanol–water partition coefficient (Wildman–Crippen LogP) is 4.02. The van der Waals surface area contributed by atoms with Crippen LogP contribution in [-0.2, 0) is 6.42 Å². The summed E-state index contributed by atoms with van der Waals surface area (Å²) in [5.74, 6) is 0.920. The largest absolute Gasteiger partial charge is 0.497 e. The van der Waals surface area contributed by atoms with Gasteiger partial charge in [0.15, 0.2) is 0 Å². The van der Waals surface area contributed by atoms with Crippen LogP contribution in [0.15, 0.2) is 36.4 Å². The summed E-state index contributed by atoms with van der Waals surface area (Å²) in [5.41, 5.74) is 6.72. The molecule has 0 aliphatic carbocycles. The zero-order valence-electron chi connectivity index (χ0n) is 11.7. The SMILES string of the molecule is COc1cccc(C2Cc3ccc(C)c(C)c3N2)c1. The van der Waals surface area contributed by atoms with Crippen LogP contribution in [0.1, 0.15) is 28.3 Å². The lowest BCUT2D eigenvalue weighted by atomic mass is 10.0. The number of fused-ring (bicyclic) bond motifs is 1. The molecule has 1 atom stereocenters. The molecule has 0 aromatic heterocycles. The van der Waals surface area contributed by atoms with Gasteiger partial charge in [-0.25, -0.2) is 0 Å². The Kier molecular flexibility index (Phi) is 2.94. The fourth-order valence-corrected chi connectivity index (χ4v) is 2.75. The molecule has 0 saturated heterocycles. The van der Waals surface area contributed by atoms with Gasteiger partial charge in [-0.3, -0.25) is 0 Å². The molecule has 98 valence electrons. The third-order valence-corrected chi connectivity index (χ3v) is 4.06. The molecule has 0 saturated carbocycles. The quantitative estimate of drug-likeness (QED) is 0.872.